The maximum atomic E-state index is 12.9. The summed E-state index contributed by atoms with van der Waals surface area (Å²) >= 11 is 0. The number of nitrogens with zero attached hydrogens (tertiary/aromatic N) is 2. The van der Waals surface area contributed by atoms with Gasteiger partial charge in [0.15, 0.2) is 0 Å². The standard InChI is InChI=1S/C20H15N3O3/c1-12-18-14(19(25)21-15-9-5-6-10-17(15)24)11-16(22-20(18)26-23-12)13-7-3-2-4-8-13/h2-11,24H,1H3,(H,21,25). The smallest absolute Gasteiger partial charge is 0.259 e. The van der Waals surface area contributed by atoms with Crippen LogP contribution in [0.15, 0.2) is 65.2 Å². The van der Waals surface area contributed by atoms with Crippen LogP contribution in [-0.4, -0.2) is 21.2 Å². The molecule has 0 spiro atoms. The van der Waals surface area contributed by atoms with Gasteiger partial charge in [0.1, 0.15) is 5.75 Å². The van der Waals surface area contributed by atoms with E-state index in [2.05, 4.69) is 15.5 Å². The van der Waals surface area contributed by atoms with Gasteiger partial charge in [0.2, 0.25) is 0 Å². The van der Waals surface area contributed by atoms with Crippen LogP contribution in [0.25, 0.3) is 22.4 Å². The van der Waals surface area contributed by atoms with Gasteiger partial charge in [-0.1, -0.05) is 47.6 Å². The van der Waals surface area contributed by atoms with Gasteiger partial charge in [0.25, 0.3) is 11.6 Å². The van der Waals surface area contributed by atoms with Gasteiger partial charge in [-0.3, -0.25) is 4.79 Å². The second kappa shape index (κ2) is 6.33. The van der Waals surface area contributed by atoms with Crippen molar-refractivity contribution in [2.45, 2.75) is 6.92 Å². The number of para-hydroxylation sites is 2. The van der Waals surface area contributed by atoms with Crippen LogP contribution in [0.2, 0.25) is 0 Å². The van der Waals surface area contributed by atoms with Gasteiger partial charge in [0, 0.05) is 5.56 Å². The van der Waals surface area contributed by atoms with Gasteiger partial charge in [-0.15, -0.1) is 0 Å². The number of aromatic hydroxyl groups is 1. The summed E-state index contributed by atoms with van der Waals surface area (Å²) in [4.78, 5) is 17.4. The highest BCUT2D eigenvalue weighted by molar-refractivity contribution is 6.13. The maximum Gasteiger partial charge on any atom is 0.259 e. The van der Waals surface area contributed by atoms with E-state index in [1.165, 1.54) is 6.07 Å². The quantitative estimate of drug-likeness (QED) is 0.544. The molecule has 6 nitrogen and oxygen atoms in total. The number of amides is 1. The number of carbonyl (C=O) groups is 1. The fraction of sp³-hybridized carbons (Fsp3) is 0.0500. The number of phenolic OH excluding ortho intramolecular Hbond substituents is 1. The number of carbonyl (C=O) groups excluding carboxylic acids is 1. The number of hydrogen-bond donors (Lipinski definition) is 2. The van der Waals surface area contributed by atoms with Crippen LogP contribution in [0.1, 0.15) is 16.1 Å². The summed E-state index contributed by atoms with van der Waals surface area (Å²) in [6, 6.07) is 17.8. The lowest BCUT2D eigenvalue weighted by molar-refractivity contribution is 0.102. The molecule has 128 valence electrons. The van der Waals surface area contributed by atoms with E-state index in [9.17, 15) is 9.90 Å². The van der Waals surface area contributed by atoms with Crippen LogP contribution >= 0.6 is 0 Å². The molecule has 4 rings (SSSR count). The Morgan fingerprint density at radius 2 is 1.81 bits per heavy atom. The third kappa shape index (κ3) is 2.77. The lowest BCUT2D eigenvalue weighted by Gasteiger charge is -2.09. The molecule has 0 saturated carbocycles. The van der Waals surface area contributed by atoms with Crippen LogP contribution in [0.5, 0.6) is 5.75 Å². The molecule has 0 saturated heterocycles. The molecule has 0 aliphatic heterocycles. The van der Waals surface area contributed by atoms with Gasteiger partial charge >= 0.3 is 0 Å². The Labute approximate surface area is 149 Å². The van der Waals surface area contributed by atoms with Crippen molar-refractivity contribution in [3.8, 4) is 17.0 Å². The molecule has 0 radical (unpaired) electrons. The lowest BCUT2D eigenvalue weighted by Crippen LogP contribution is -2.13. The van der Waals surface area contributed by atoms with Gasteiger partial charge < -0.3 is 14.9 Å². The summed E-state index contributed by atoms with van der Waals surface area (Å²) in [6.07, 6.45) is 0. The second-order valence-electron chi connectivity index (χ2n) is 5.84. The normalized spacial score (nSPS) is 10.8. The Morgan fingerprint density at radius 1 is 1.08 bits per heavy atom. The highest BCUT2D eigenvalue weighted by Gasteiger charge is 2.20. The largest absolute Gasteiger partial charge is 0.506 e. The molecule has 2 aromatic carbocycles. The molecule has 4 aromatic rings. The molecule has 0 bridgehead atoms. The molecule has 2 N–H and O–H groups in total. The van der Waals surface area contributed by atoms with Crippen LogP contribution in [0.3, 0.4) is 0 Å². The molecule has 0 aliphatic rings. The Morgan fingerprint density at radius 3 is 2.58 bits per heavy atom. The van der Waals surface area contributed by atoms with Crippen molar-refractivity contribution >= 4 is 22.7 Å². The van der Waals surface area contributed by atoms with Crippen LogP contribution < -0.4 is 5.32 Å². The molecule has 0 aliphatic carbocycles. The van der Waals surface area contributed by atoms with E-state index >= 15 is 0 Å². The first kappa shape index (κ1) is 15.8. The minimum absolute atomic E-state index is 0.00327. The van der Waals surface area contributed by atoms with Crippen molar-refractivity contribution in [1.29, 1.82) is 0 Å². The first-order valence-electron chi connectivity index (χ1n) is 8.05. The number of fused-ring (bicyclic) bond motifs is 1. The molecule has 0 fully saturated rings. The summed E-state index contributed by atoms with van der Waals surface area (Å²) in [5.41, 5.74) is 3.06. The fourth-order valence-electron chi connectivity index (χ4n) is 2.80. The van der Waals surface area contributed by atoms with E-state index < -0.39 is 0 Å². The summed E-state index contributed by atoms with van der Waals surface area (Å²) in [6.45, 7) is 1.76. The number of nitrogens with one attached hydrogen (secondary N) is 1. The summed E-state index contributed by atoms with van der Waals surface area (Å²) in [5.74, 6) is -0.376. The van der Waals surface area contributed by atoms with Crippen molar-refractivity contribution in [1.82, 2.24) is 10.1 Å². The minimum atomic E-state index is -0.373. The molecular weight excluding hydrogens is 330 g/mol. The van der Waals surface area contributed by atoms with Crippen LogP contribution in [0, 0.1) is 6.92 Å². The number of benzene rings is 2. The van der Waals surface area contributed by atoms with Crippen molar-refractivity contribution < 1.29 is 14.4 Å². The fourth-order valence-corrected chi connectivity index (χ4v) is 2.80. The van der Waals surface area contributed by atoms with Crippen molar-refractivity contribution in [3.05, 3.63) is 71.9 Å². The monoisotopic (exact) mass is 345 g/mol. The molecular formula is C20H15N3O3. The molecule has 1 amide bonds. The molecule has 2 aromatic heterocycles. The number of rotatable bonds is 3. The number of aromatic nitrogens is 2. The van der Waals surface area contributed by atoms with E-state index in [1.807, 2.05) is 30.3 Å². The Kier molecular flexibility index (Phi) is 3.85. The summed E-state index contributed by atoms with van der Waals surface area (Å²) in [5, 5.41) is 17.1. The lowest BCUT2D eigenvalue weighted by atomic mass is 10.0. The third-order valence-corrected chi connectivity index (χ3v) is 4.08. The van der Waals surface area contributed by atoms with Gasteiger partial charge in [-0.2, -0.15) is 0 Å². The number of pyridine rings is 1. The Balaban J connectivity index is 1.84. The average Bonchev–Trinajstić information content (AvgIpc) is 3.04. The summed E-state index contributed by atoms with van der Waals surface area (Å²) in [7, 11) is 0. The highest BCUT2D eigenvalue weighted by atomic mass is 16.5. The first-order chi connectivity index (χ1) is 12.6. The van der Waals surface area contributed by atoms with E-state index in [4.69, 9.17) is 4.52 Å². The number of anilines is 1. The molecule has 0 atom stereocenters. The number of hydrogen-bond acceptors (Lipinski definition) is 5. The summed E-state index contributed by atoms with van der Waals surface area (Å²) < 4.78 is 5.29. The predicted molar refractivity (Wildman–Crippen MR) is 98.0 cm³/mol. The topological polar surface area (TPSA) is 88.2 Å². The highest BCUT2D eigenvalue weighted by Crippen LogP contribution is 2.29. The zero-order valence-electron chi connectivity index (χ0n) is 13.9. The van der Waals surface area contributed by atoms with Gasteiger partial charge in [-0.05, 0) is 25.1 Å². The zero-order valence-corrected chi connectivity index (χ0v) is 13.9. The average molecular weight is 345 g/mol. The van der Waals surface area contributed by atoms with Crippen LogP contribution in [0.4, 0.5) is 5.69 Å². The first-order valence-corrected chi connectivity index (χ1v) is 8.05. The Hall–Kier alpha value is -3.67. The molecule has 26 heavy (non-hydrogen) atoms. The van der Waals surface area contributed by atoms with Gasteiger partial charge in [0.05, 0.1) is 28.0 Å². The van der Waals surface area contributed by atoms with Crippen LogP contribution in [-0.2, 0) is 0 Å². The zero-order chi connectivity index (χ0) is 18.1. The molecule has 2 heterocycles. The molecule has 6 heteroatoms. The Bertz CT molecular complexity index is 1100. The van der Waals surface area contributed by atoms with Crippen molar-refractivity contribution in [3.63, 3.8) is 0 Å². The predicted octanol–water partition coefficient (Wildman–Crippen LogP) is 4.16. The maximum absolute atomic E-state index is 12.9. The van der Waals surface area contributed by atoms with Crippen molar-refractivity contribution in [2.75, 3.05) is 5.32 Å². The number of aryl methyl sites for hydroxylation is 1. The van der Waals surface area contributed by atoms with E-state index in [1.54, 1.807) is 31.2 Å². The second-order valence-corrected chi connectivity index (χ2v) is 5.84. The van der Waals surface area contributed by atoms with E-state index in [-0.39, 0.29) is 11.7 Å². The van der Waals surface area contributed by atoms with E-state index in [0.717, 1.165) is 5.56 Å². The minimum Gasteiger partial charge on any atom is -0.506 e. The third-order valence-electron chi connectivity index (χ3n) is 4.08. The number of phenols is 1. The van der Waals surface area contributed by atoms with Crippen molar-refractivity contribution in [2.24, 2.45) is 0 Å². The van der Waals surface area contributed by atoms with E-state index in [0.29, 0.717) is 33.7 Å². The molecule has 0 unspecified atom stereocenters. The van der Waals surface area contributed by atoms with Gasteiger partial charge in [-0.25, -0.2) is 4.98 Å². The SMILES string of the molecule is Cc1noc2nc(-c3ccccc3)cc(C(=O)Nc3ccccc3O)c12.